The largest absolute Gasteiger partial charge is 0.471 e. The van der Waals surface area contributed by atoms with Crippen LogP contribution in [-0.4, -0.2) is 67.1 Å². The van der Waals surface area contributed by atoms with E-state index in [1.165, 1.54) is 0 Å². The molecule has 0 aromatic heterocycles. The molecule has 0 radical (unpaired) electrons. The predicted molar refractivity (Wildman–Crippen MR) is 76.7 cm³/mol. The van der Waals surface area contributed by atoms with Crippen molar-refractivity contribution in [2.45, 2.75) is 25.4 Å². The highest BCUT2D eigenvalue weighted by Gasteiger charge is 2.43. The lowest BCUT2D eigenvalue weighted by Crippen LogP contribution is -2.46. The van der Waals surface area contributed by atoms with E-state index in [1.807, 2.05) is 0 Å². The third-order valence-corrected chi connectivity index (χ3v) is 3.98. The molecular weight excluding hydrogens is 323 g/mol. The van der Waals surface area contributed by atoms with Crippen LogP contribution in [0.4, 0.5) is 13.2 Å². The summed E-state index contributed by atoms with van der Waals surface area (Å²) >= 11 is 0. The van der Waals surface area contributed by atoms with Crippen molar-refractivity contribution in [3.05, 3.63) is 0 Å². The van der Waals surface area contributed by atoms with E-state index >= 15 is 0 Å². The topological polar surface area (TPSA) is 52.7 Å². The second kappa shape index (κ2) is 8.01. The molecule has 1 atom stereocenters. The molecule has 0 aliphatic carbocycles. The fraction of sp³-hybridized carbons (Fsp3) is 0.846. The van der Waals surface area contributed by atoms with Gasteiger partial charge in [-0.15, -0.1) is 12.4 Å². The van der Waals surface area contributed by atoms with Crippen LogP contribution in [0.25, 0.3) is 0 Å². The lowest BCUT2D eigenvalue weighted by molar-refractivity contribution is -0.185. The van der Waals surface area contributed by atoms with E-state index in [4.69, 9.17) is 0 Å². The molecule has 0 aromatic rings. The van der Waals surface area contributed by atoms with Crippen molar-refractivity contribution in [2.75, 3.05) is 39.3 Å². The molecule has 128 valence electrons. The van der Waals surface area contributed by atoms with Gasteiger partial charge in [0, 0.05) is 32.7 Å². The van der Waals surface area contributed by atoms with Crippen molar-refractivity contribution in [1.29, 1.82) is 0 Å². The average Bonchev–Trinajstić information content (AvgIpc) is 2.71. The van der Waals surface area contributed by atoms with Crippen molar-refractivity contribution >= 4 is 24.2 Å². The number of hydrogen-bond acceptors (Lipinski definition) is 3. The molecule has 2 amide bonds. The molecule has 2 aliphatic rings. The number of nitrogens with one attached hydrogen (secondary N) is 1. The number of rotatable bonds is 1. The summed E-state index contributed by atoms with van der Waals surface area (Å²) in [6.07, 6.45) is -2.71. The molecule has 0 saturated carbocycles. The van der Waals surface area contributed by atoms with Crippen LogP contribution in [0.3, 0.4) is 0 Å². The van der Waals surface area contributed by atoms with Crippen LogP contribution in [-0.2, 0) is 9.59 Å². The van der Waals surface area contributed by atoms with Gasteiger partial charge in [0.15, 0.2) is 0 Å². The summed E-state index contributed by atoms with van der Waals surface area (Å²) in [4.78, 5) is 26.0. The monoisotopic (exact) mass is 343 g/mol. The highest BCUT2D eigenvalue weighted by molar-refractivity contribution is 5.85. The van der Waals surface area contributed by atoms with Crippen LogP contribution >= 0.6 is 12.4 Å². The summed E-state index contributed by atoms with van der Waals surface area (Å²) in [7, 11) is 0. The van der Waals surface area contributed by atoms with Crippen LogP contribution in [0.5, 0.6) is 0 Å². The van der Waals surface area contributed by atoms with Crippen LogP contribution < -0.4 is 5.32 Å². The molecular formula is C13H21ClF3N3O2. The van der Waals surface area contributed by atoms with Gasteiger partial charge in [0.05, 0.1) is 5.92 Å². The Kier molecular flexibility index (Phi) is 6.93. The molecule has 1 N–H and O–H groups in total. The zero-order chi connectivity index (χ0) is 15.5. The molecule has 2 aliphatic heterocycles. The normalized spacial score (nSPS) is 23.5. The fourth-order valence-electron chi connectivity index (χ4n) is 2.84. The van der Waals surface area contributed by atoms with E-state index < -0.39 is 12.1 Å². The Morgan fingerprint density at radius 1 is 1.00 bits per heavy atom. The Bertz CT molecular complexity index is 400. The van der Waals surface area contributed by atoms with Gasteiger partial charge >= 0.3 is 12.1 Å². The van der Waals surface area contributed by atoms with E-state index in [0.717, 1.165) is 24.3 Å². The SMILES string of the molecule is Cl.O=C(C1CCCNC1)N1CCCN(C(=O)C(F)(F)F)CC1. The molecule has 2 fully saturated rings. The van der Waals surface area contributed by atoms with Gasteiger partial charge < -0.3 is 15.1 Å². The first-order valence-corrected chi connectivity index (χ1v) is 7.25. The number of piperidine rings is 1. The van der Waals surface area contributed by atoms with Gasteiger partial charge in [-0.3, -0.25) is 9.59 Å². The Morgan fingerprint density at radius 2 is 1.64 bits per heavy atom. The maximum Gasteiger partial charge on any atom is 0.471 e. The van der Waals surface area contributed by atoms with Gasteiger partial charge in [-0.2, -0.15) is 13.2 Å². The minimum atomic E-state index is -4.84. The Hall–Kier alpha value is -1.02. The number of amides is 2. The summed E-state index contributed by atoms with van der Waals surface area (Å²) < 4.78 is 37.3. The fourth-order valence-corrected chi connectivity index (χ4v) is 2.84. The third-order valence-electron chi connectivity index (χ3n) is 3.98. The Labute approximate surface area is 133 Å². The van der Waals surface area contributed by atoms with Crippen LogP contribution in [0, 0.1) is 5.92 Å². The van der Waals surface area contributed by atoms with Gasteiger partial charge in [-0.1, -0.05) is 0 Å². The van der Waals surface area contributed by atoms with Crippen LogP contribution in [0.1, 0.15) is 19.3 Å². The number of nitrogens with zero attached hydrogens (tertiary/aromatic N) is 2. The lowest BCUT2D eigenvalue weighted by Gasteiger charge is -2.29. The third kappa shape index (κ3) is 4.74. The van der Waals surface area contributed by atoms with Crippen molar-refractivity contribution in [2.24, 2.45) is 5.92 Å². The molecule has 0 aromatic carbocycles. The molecule has 5 nitrogen and oxygen atoms in total. The average molecular weight is 344 g/mol. The van der Waals surface area contributed by atoms with Gasteiger partial charge in [0.2, 0.25) is 5.91 Å². The Morgan fingerprint density at radius 3 is 2.23 bits per heavy atom. The lowest BCUT2D eigenvalue weighted by atomic mass is 9.98. The molecule has 0 spiro atoms. The number of carbonyl (C=O) groups excluding carboxylic acids is 2. The quantitative estimate of drug-likeness (QED) is 0.774. The van der Waals surface area contributed by atoms with E-state index in [0.29, 0.717) is 19.5 Å². The van der Waals surface area contributed by atoms with Crippen LogP contribution in [0.2, 0.25) is 0 Å². The smallest absolute Gasteiger partial charge is 0.341 e. The van der Waals surface area contributed by atoms with Crippen molar-refractivity contribution < 1.29 is 22.8 Å². The molecule has 2 saturated heterocycles. The van der Waals surface area contributed by atoms with Gasteiger partial charge in [0.1, 0.15) is 0 Å². The molecule has 2 heterocycles. The first-order valence-electron chi connectivity index (χ1n) is 7.25. The summed E-state index contributed by atoms with van der Waals surface area (Å²) in [5, 5.41) is 3.16. The second-order valence-corrected chi connectivity index (χ2v) is 5.51. The molecule has 2 rings (SSSR count). The van der Waals surface area contributed by atoms with E-state index in [-0.39, 0.29) is 43.9 Å². The van der Waals surface area contributed by atoms with Crippen LogP contribution in [0.15, 0.2) is 0 Å². The highest BCUT2D eigenvalue weighted by Crippen LogP contribution is 2.20. The number of carbonyl (C=O) groups is 2. The molecule has 1 unspecified atom stereocenters. The molecule has 0 bridgehead atoms. The Balaban J connectivity index is 0.00000242. The van der Waals surface area contributed by atoms with Crippen molar-refractivity contribution in [3.63, 3.8) is 0 Å². The summed E-state index contributed by atoms with van der Waals surface area (Å²) in [5.41, 5.74) is 0. The first-order chi connectivity index (χ1) is 9.89. The maximum atomic E-state index is 12.4. The standard InChI is InChI=1S/C13H20F3N3O2.ClH/c14-13(15,16)12(21)19-6-2-5-18(7-8-19)11(20)10-3-1-4-17-9-10;/h10,17H,1-9H2;1H. The number of halogens is 4. The van der Waals surface area contributed by atoms with Crippen molar-refractivity contribution in [1.82, 2.24) is 15.1 Å². The number of hydrogen-bond donors (Lipinski definition) is 1. The predicted octanol–water partition coefficient (Wildman–Crippen LogP) is 1.03. The first kappa shape index (κ1) is 19.0. The minimum absolute atomic E-state index is 0. The molecule has 9 heteroatoms. The van der Waals surface area contributed by atoms with E-state index in [1.54, 1.807) is 4.90 Å². The summed E-state index contributed by atoms with van der Waals surface area (Å²) in [6, 6.07) is 0. The maximum absolute atomic E-state index is 12.4. The van der Waals surface area contributed by atoms with Crippen molar-refractivity contribution in [3.8, 4) is 0 Å². The van der Waals surface area contributed by atoms with Gasteiger partial charge in [0.25, 0.3) is 0 Å². The van der Waals surface area contributed by atoms with E-state index in [9.17, 15) is 22.8 Å². The van der Waals surface area contributed by atoms with Gasteiger partial charge in [-0.05, 0) is 25.8 Å². The number of alkyl halides is 3. The van der Waals surface area contributed by atoms with E-state index in [2.05, 4.69) is 5.32 Å². The zero-order valence-electron chi connectivity index (χ0n) is 12.2. The highest BCUT2D eigenvalue weighted by atomic mass is 35.5. The zero-order valence-corrected chi connectivity index (χ0v) is 13.0. The van der Waals surface area contributed by atoms with Gasteiger partial charge in [-0.25, -0.2) is 0 Å². The summed E-state index contributed by atoms with van der Waals surface area (Å²) in [5.74, 6) is -1.91. The summed E-state index contributed by atoms with van der Waals surface area (Å²) in [6.45, 7) is 2.11. The molecule has 22 heavy (non-hydrogen) atoms. The minimum Gasteiger partial charge on any atom is -0.341 e. The second-order valence-electron chi connectivity index (χ2n) is 5.51.